The molecule has 2 aromatic rings. The molecule has 2 rings (SSSR count). The van der Waals surface area contributed by atoms with Crippen molar-refractivity contribution in [2.45, 2.75) is 110 Å². The third kappa shape index (κ3) is 8.63. The van der Waals surface area contributed by atoms with Crippen molar-refractivity contribution in [1.82, 2.24) is 9.55 Å². The molecule has 0 aliphatic rings. The Morgan fingerprint density at radius 2 is 1.39 bits per heavy atom. The van der Waals surface area contributed by atoms with E-state index in [2.05, 4.69) is 61.9 Å². The predicted molar refractivity (Wildman–Crippen MR) is 122 cm³/mol. The average molecular weight is 383 g/mol. The van der Waals surface area contributed by atoms with Gasteiger partial charge in [-0.3, -0.25) is 0 Å². The third-order valence-electron chi connectivity index (χ3n) is 5.66. The number of unbranched alkanes of at least 4 members (excludes halogenated alkanes) is 8. The molecule has 2 nitrogen and oxygen atoms in total. The van der Waals surface area contributed by atoms with Crippen LogP contribution in [-0.2, 0) is 19.3 Å². The summed E-state index contributed by atoms with van der Waals surface area (Å²) in [6.07, 6.45) is 19.3. The van der Waals surface area contributed by atoms with Gasteiger partial charge < -0.3 is 4.57 Å². The van der Waals surface area contributed by atoms with Crippen LogP contribution in [0.2, 0.25) is 0 Å². The van der Waals surface area contributed by atoms with Gasteiger partial charge in [-0.05, 0) is 45.1 Å². The quantitative estimate of drug-likeness (QED) is 0.288. The van der Waals surface area contributed by atoms with Crippen LogP contribution in [0, 0.1) is 0 Å². The highest BCUT2D eigenvalue weighted by Crippen LogP contribution is 2.17. The fraction of sp³-hybridized carbons (Fsp3) is 0.654. The number of hydrogen-bond acceptors (Lipinski definition) is 1. The molecule has 156 valence electrons. The second kappa shape index (κ2) is 13.6. The maximum atomic E-state index is 4.99. The van der Waals surface area contributed by atoms with Crippen LogP contribution in [0.3, 0.4) is 0 Å². The van der Waals surface area contributed by atoms with Gasteiger partial charge in [-0.25, -0.2) is 4.98 Å². The van der Waals surface area contributed by atoms with E-state index >= 15 is 0 Å². The van der Waals surface area contributed by atoms with Crippen molar-refractivity contribution in [2.75, 3.05) is 0 Å². The number of imidazole rings is 1. The summed E-state index contributed by atoms with van der Waals surface area (Å²) >= 11 is 0. The molecule has 0 amide bonds. The lowest BCUT2D eigenvalue weighted by Gasteiger charge is -2.11. The van der Waals surface area contributed by atoms with Crippen LogP contribution < -0.4 is 0 Å². The summed E-state index contributed by atoms with van der Waals surface area (Å²) in [6.45, 7) is 6.83. The Labute approximate surface area is 173 Å². The molecule has 0 unspecified atom stereocenters. The van der Waals surface area contributed by atoms with Crippen molar-refractivity contribution in [1.29, 1.82) is 0 Å². The van der Waals surface area contributed by atoms with Crippen LogP contribution in [0.15, 0.2) is 36.5 Å². The van der Waals surface area contributed by atoms with Crippen LogP contribution in [0.25, 0.3) is 0 Å². The zero-order valence-electron chi connectivity index (χ0n) is 18.6. The van der Waals surface area contributed by atoms with Gasteiger partial charge >= 0.3 is 0 Å². The van der Waals surface area contributed by atoms with E-state index in [9.17, 15) is 0 Å². The largest absolute Gasteiger partial charge is 0.332 e. The standard InChI is InChI=1S/C26H42N2/c1-4-5-6-7-8-9-10-11-15-21-26-27-25(22-28(26)23(2)3)20-16-19-24-17-13-12-14-18-24/h12-14,17-18,22-23H,4-11,15-16,19-21H2,1-3H3. The van der Waals surface area contributed by atoms with Gasteiger partial charge in [-0.2, -0.15) is 0 Å². The molecule has 0 spiro atoms. The van der Waals surface area contributed by atoms with E-state index in [-0.39, 0.29) is 0 Å². The summed E-state index contributed by atoms with van der Waals surface area (Å²) in [4.78, 5) is 4.99. The van der Waals surface area contributed by atoms with Crippen molar-refractivity contribution in [3.05, 3.63) is 53.6 Å². The van der Waals surface area contributed by atoms with Gasteiger partial charge in [-0.1, -0.05) is 88.6 Å². The number of benzene rings is 1. The molecule has 28 heavy (non-hydrogen) atoms. The second-order valence-electron chi connectivity index (χ2n) is 8.57. The predicted octanol–water partition coefficient (Wildman–Crippen LogP) is 7.71. The first-order valence-corrected chi connectivity index (χ1v) is 11.8. The molecule has 0 aliphatic heterocycles. The molecule has 1 heterocycles. The van der Waals surface area contributed by atoms with Crippen LogP contribution in [0.4, 0.5) is 0 Å². The molecule has 0 saturated carbocycles. The minimum atomic E-state index is 0.504. The lowest BCUT2D eigenvalue weighted by Crippen LogP contribution is -2.05. The second-order valence-corrected chi connectivity index (χ2v) is 8.57. The van der Waals surface area contributed by atoms with Crippen LogP contribution in [0.1, 0.15) is 108 Å². The first-order valence-electron chi connectivity index (χ1n) is 11.8. The zero-order chi connectivity index (χ0) is 20.0. The molecule has 0 saturated heterocycles. The van der Waals surface area contributed by atoms with Gasteiger partial charge in [0.2, 0.25) is 0 Å². The number of rotatable bonds is 15. The summed E-state index contributed by atoms with van der Waals surface area (Å²) in [7, 11) is 0. The Kier molecular flexibility index (Phi) is 11.0. The Bertz CT molecular complexity index is 627. The highest BCUT2D eigenvalue weighted by molar-refractivity contribution is 5.15. The topological polar surface area (TPSA) is 17.8 Å². The van der Waals surface area contributed by atoms with E-state index in [1.807, 2.05) is 0 Å². The molecule has 2 heteroatoms. The van der Waals surface area contributed by atoms with E-state index in [4.69, 9.17) is 4.98 Å². The summed E-state index contributed by atoms with van der Waals surface area (Å²) in [5, 5.41) is 0. The maximum absolute atomic E-state index is 4.99. The fourth-order valence-electron chi connectivity index (χ4n) is 3.95. The van der Waals surface area contributed by atoms with Gasteiger partial charge in [0.1, 0.15) is 5.82 Å². The van der Waals surface area contributed by atoms with Crippen molar-refractivity contribution in [3.8, 4) is 0 Å². The van der Waals surface area contributed by atoms with E-state index in [0.29, 0.717) is 6.04 Å². The average Bonchev–Trinajstić information content (AvgIpc) is 3.11. The molecule has 1 aromatic carbocycles. The number of aryl methyl sites for hydroxylation is 3. The van der Waals surface area contributed by atoms with Crippen molar-refractivity contribution < 1.29 is 0 Å². The minimum absolute atomic E-state index is 0.504. The van der Waals surface area contributed by atoms with Crippen molar-refractivity contribution in [2.24, 2.45) is 0 Å². The number of nitrogens with zero attached hydrogens (tertiary/aromatic N) is 2. The molecule has 1 aromatic heterocycles. The Balaban J connectivity index is 1.69. The molecule has 0 fully saturated rings. The van der Waals surface area contributed by atoms with Gasteiger partial charge in [0.25, 0.3) is 0 Å². The van der Waals surface area contributed by atoms with Gasteiger partial charge in [-0.15, -0.1) is 0 Å². The molecule has 0 aliphatic carbocycles. The first kappa shape index (κ1) is 22.7. The molecular weight excluding hydrogens is 340 g/mol. The van der Waals surface area contributed by atoms with Crippen LogP contribution in [0.5, 0.6) is 0 Å². The van der Waals surface area contributed by atoms with E-state index in [1.165, 1.54) is 81.3 Å². The summed E-state index contributed by atoms with van der Waals surface area (Å²) < 4.78 is 2.41. The summed E-state index contributed by atoms with van der Waals surface area (Å²) in [5.41, 5.74) is 2.70. The Hall–Kier alpha value is -1.57. The normalized spacial score (nSPS) is 11.4. The monoisotopic (exact) mass is 382 g/mol. The van der Waals surface area contributed by atoms with Gasteiger partial charge in [0.15, 0.2) is 0 Å². The molecule has 0 radical (unpaired) electrons. The maximum Gasteiger partial charge on any atom is 0.109 e. The number of aromatic nitrogens is 2. The highest BCUT2D eigenvalue weighted by atomic mass is 15.1. The first-order chi connectivity index (χ1) is 13.7. The molecule has 0 N–H and O–H groups in total. The minimum Gasteiger partial charge on any atom is -0.332 e. The Morgan fingerprint density at radius 1 is 0.750 bits per heavy atom. The van der Waals surface area contributed by atoms with Gasteiger partial charge in [0.05, 0.1) is 5.69 Å². The number of hydrogen-bond donors (Lipinski definition) is 0. The van der Waals surface area contributed by atoms with Gasteiger partial charge in [0, 0.05) is 18.7 Å². The smallest absolute Gasteiger partial charge is 0.109 e. The molecule has 0 bridgehead atoms. The summed E-state index contributed by atoms with van der Waals surface area (Å²) in [5.74, 6) is 1.30. The van der Waals surface area contributed by atoms with Crippen LogP contribution in [-0.4, -0.2) is 9.55 Å². The third-order valence-corrected chi connectivity index (χ3v) is 5.66. The van der Waals surface area contributed by atoms with E-state index in [1.54, 1.807) is 0 Å². The van der Waals surface area contributed by atoms with E-state index < -0.39 is 0 Å². The summed E-state index contributed by atoms with van der Waals surface area (Å²) in [6, 6.07) is 11.3. The lowest BCUT2D eigenvalue weighted by molar-refractivity contribution is 0.536. The SMILES string of the molecule is CCCCCCCCCCCc1nc(CCCc2ccccc2)cn1C(C)C. The lowest BCUT2D eigenvalue weighted by atomic mass is 10.1. The van der Waals surface area contributed by atoms with Crippen molar-refractivity contribution in [3.63, 3.8) is 0 Å². The van der Waals surface area contributed by atoms with Crippen LogP contribution >= 0.6 is 0 Å². The highest BCUT2D eigenvalue weighted by Gasteiger charge is 2.10. The van der Waals surface area contributed by atoms with Crippen molar-refractivity contribution >= 4 is 0 Å². The Morgan fingerprint density at radius 3 is 2.04 bits per heavy atom. The van der Waals surface area contributed by atoms with E-state index in [0.717, 1.165) is 19.3 Å². The molecular formula is C26H42N2. The zero-order valence-corrected chi connectivity index (χ0v) is 18.6. The molecule has 0 atom stereocenters. The fourth-order valence-corrected chi connectivity index (χ4v) is 3.95.